The van der Waals surface area contributed by atoms with Gasteiger partial charge in [0.2, 0.25) is 0 Å². The molecular formula is C18H29N5O5. The van der Waals surface area contributed by atoms with E-state index in [1.807, 2.05) is 20.8 Å². The summed E-state index contributed by atoms with van der Waals surface area (Å²) in [6, 6.07) is 0.733. The molecule has 156 valence electrons. The van der Waals surface area contributed by atoms with Gasteiger partial charge in [-0.15, -0.1) is 0 Å². The van der Waals surface area contributed by atoms with Crippen molar-refractivity contribution in [2.24, 2.45) is 0 Å². The molecule has 3 heterocycles. The number of ether oxygens (including phenoxy) is 2. The molecule has 0 saturated carbocycles. The normalized spacial score (nSPS) is 20.0. The number of piperidine rings is 1. The topological polar surface area (TPSA) is 103 Å². The molecule has 3 rings (SSSR count). The number of esters is 1. The van der Waals surface area contributed by atoms with E-state index >= 15 is 0 Å². The third-order valence-corrected chi connectivity index (χ3v) is 5.00. The van der Waals surface area contributed by atoms with Gasteiger partial charge in [-0.3, -0.25) is 19.2 Å². The van der Waals surface area contributed by atoms with Gasteiger partial charge in [-0.1, -0.05) is 0 Å². The summed E-state index contributed by atoms with van der Waals surface area (Å²) in [5, 5.41) is 10.9. The Balaban J connectivity index is 1.49. The van der Waals surface area contributed by atoms with E-state index in [9.17, 15) is 14.9 Å². The molecule has 0 spiro atoms. The molecule has 1 fully saturated rings. The van der Waals surface area contributed by atoms with Crippen LogP contribution in [-0.4, -0.2) is 81.2 Å². The minimum atomic E-state index is -0.501. The Hall–Kier alpha value is -2.20. The quantitative estimate of drug-likeness (QED) is 0.427. The first-order valence-electron chi connectivity index (χ1n) is 9.74. The Morgan fingerprint density at radius 3 is 2.64 bits per heavy atom. The van der Waals surface area contributed by atoms with E-state index in [1.165, 1.54) is 6.20 Å². The number of aromatic nitrogens is 2. The van der Waals surface area contributed by atoms with E-state index in [0.717, 1.165) is 39.0 Å². The number of rotatable bonds is 4. The summed E-state index contributed by atoms with van der Waals surface area (Å²) in [4.78, 5) is 30.9. The average molecular weight is 395 g/mol. The number of fused-ring (bicyclic) bond motifs is 1. The Labute approximate surface area is 164 Å². The first-order chi connectivity index (χ1) is 13.2. The minimum absolute atomic E-state index is 0.181. The fourth-order valence-corrected chi connectivity index (χ4v) is 3.72. The molecule has 0 bridgehead atoms. The smallest absolute Gasteiger partial charge is 0.414 e. The maximum Gasteiger partial charge on any atom is 0.414 e. The van der Waals surface area contributed by atoms with Crippen molar-refractivity contribution >= 4 is 11.8 Å². The molecule has 10 nitrogen and oxygen atoms in total. The van der Waals surface area contributed by atoms with Gasteiger partial charge in [0.15, 0.2) is 0 Å². The molecule has 0 N–H and O–H groups in total. The largest absolute Gasteiger partial charge is 0.459 e. The second-order valence-corrected chi connectivity index (χ2v) is 8.31. The van der Waals surface area contributed by atoms with Crippen molar-refractivity contribution in [1.29, 1.82) is 0 Å². The van der Waals surface area contributed by atoms with Gasteiger partial charge in [0.1, 0.15) is 18.4 Å². The molecule has 1 aromatic rings. The van der Waals surface area contributed by atoms with Gasteiger partial charge in [-0.05, 0) is 38.5 Å². The second-order valence-electron chi connectivity index (χ2n) is 8.31. The van der Waals surface area contributed by atoms with Crippen molar-refractivity contribution < 1.29 is 19.2 Å². The average Bonchev–Trinajstić information content (AvgIpc) is 2.97. The standard InChI is InChI=1S/C18H29N5O5/c1-18(2,3)28-16(24)13-20-6-4-14(5-7-20)21-8-9-22-12-15(23(25)26)19-17(22)27-11-10-21/h12,14H,4-11,13H2,1-3H3. The predicted molar refractivity (Wildman–Crippen MR) is 101 cm³/mol. The number of nitrogens with zero attached hydrogens (tertiary/aromatic N) is 5. The summed E-state index contributed by atoms with van der Waals surface area (Å²) in [5.41, 5.74) is -0.457. The Kier molecular flexibility index (Phi) is 6.19. The maximum absolute atomic E-state index is 12.0. The minimum Gasteiger partial charge on any atom is -0.459 e. The summed E-state index contributed by atoms with van der Waals surface area (Å²) >= 11 is 0. The molecule has 10 heteroatoms. The van der Waals surface area contributed by atoms with Gasteiger partial charge in [-0.2, -0.15) is 0 Å². The van der Waals surface area contributed by atoms with Crippen LogP contribution >= 0.6 is 0 Å². The summed E-state index contributed by atoms with van der Waals surface area (Å²) in [6.45, 7) is 10.3. The highest BCUT2D eigenvalue weighted by Crippen LogP contribution is 2.22. The van der Waals surface area contributed by atoms with Crippen LogP contribution in [0.3, 0.4) is 0 Å². The van der Waals surface area contributed by atoms with Gasteiger partial charge in [0.05, 0.1) is 6.54 Å². The molecule has 0 atom stereocenters. The van der Waals surface area contributed by atoms with E-state index in [1.54, 1.807) is 4.57 Å². The van der Waals surface area contributed by atoms with Crippen LogP contribution in [0, 0.1) is 10.1 Å². The lowest BCUT2D eigenvalue weighted by Gasteiger charge is -2.38. The highest BCUT2D eigenvalue weighted by Gasteiger charge is 2.29. The van der Waals surface area contributed by atoms with Crippen LogP contribution in [0.5, 0.6) is 6.01 Å². The summed E-state index contributed by atoms with van der Waals surface area (Å²) in [5.74, 6) is -0.362. The van der Waals surface area contributed by atoms with Crippen LogP contribution in [0.25, 0.3) is 0 Å². The zero-order valence-corrected chi connectivity index (χ0v) is 16.8. The molecule has 28 heavy (non-hydrogen) atoms. The number of likely N-dealkylation sites (tertiary alicyclic amines) is 1. The molecule has 0 amide bonds. The highest BCUT2D eigenvalue weighted by molar-refractivity contribution is 5.72. The van der Waals surface area contributed by atoms with Crippen molar-refractivity contribution in [3.05, 3.63) is 16.3 Å². The molecule has 0 aromatic carbocycles. The van der Waals surface area contributed by atoms with Crippen molar-refractivity contribution in [2.75, 3.05) is 39.3 Å². The molecule has 2 aliphatic rings. The first kappa shape index (κ1) is 20.5. The van der Waals surface area contributed by atoms with Crippen LogP contribution in [0.2, 0.25) is 0 Å². The van der Waals surface area contributed by atoms with Gasteiger partial charge < -0.3 is 19.6 Å². The van der Waals surface area contributed by atoms with Gasteiger partial charge >= 0.3 is 17.8 Å². The number of hydrogen-bond acceptors (Lipinski definition) is 8. The van der Waals surface area contributed by atoms with E-state index in [2.05, 4.69) is 14.8 Å². The second kappa shape index (κ2) is 8.44. The third kappa shape index (κ3) is 5.41. The number of hydrogen-bond donors (Lipinski definition) is 0. The van der Waals surface area contributed by atoms with Gasteiger partial charge in [0, 0.05) is 43.7 Å². The third-order valence-electron chi connectivity index (χ3n) is 5.00. The highest BCUT2D eigenvalue weighted by atomic mass is 16.6. The van der Waals surface area contributed by atoms with Crippen molar-refractivity contribution in [1.82, 2.24) is 19.4 Å². The Bertz CT molecular complexity index is 706. The molecule has 0 aliphatic carbocycles. The lowest BCUT2D eigenvalue weighted by Crippen LogP contribution is -2.49. The maximum atomic E-state index is 12.0. The number of carbonyl (C=O) groups excluding carboxylic acids is 1. The monoisotopic (exact) mass is 395 g/mol. The fraction of sp³-hybridized carbons (Fsp3) is 0.778. The zero-order valence-electron chi connectivity index (χ0n) is 16.8. The van der Waals surface area contributed by atoms with Crippen LogP contribution in [0.1, 0.15) is 33.6 Å². The summed E-state index contributed by atoms with van der Waals surface area (Å²) < 4.78 is 12.7. The lowest BCUT2D eigenvalue weighted by atomic mass is 10.0. The summed E-state index contributed by atoms with van der Waals surface area (Å²) in [6.07, 6.45) is 3.38. The SMILES string of the molecule is CC(C)(C)OC(=O)CN1CCC(N2CCOc3nc([N+](=O)[O-])cn3CC2)CC1. The summed E-state index contributed by atoms with van der Waals surface area (Å²) in [7, 11) is 0. The van der Waals surface area contributed by atoms with E-state index in [-0.39, 0.29) is 11.8 Å². The van der Waals surface area contributed by atoms with Crippen molar-refractivity contribution in [3.63, 3.8) is 0 Å². The Morgan fingerprint density at radius 1 is 1.29 bits per heavy atom. The molecule has 2 aliphatic heterocycles. The molecule has 0 unspecified atom stereocenters. The number of imidazole rings is 1. The van der Waals surface area contributed by atoms with Crippen LogP contribution in [0.15, 0.2) is 6.20 Å². The zero-order chi connectivity index (χ0) is 20.3. The van der Waals surface area contributed by atoms with Crippen LogP contribution in [-0.2, 0) is 16.1 Å². The van der Waals surface area contributed by atoms with Gasteiger partial charge in [0.25, 0.3) is 0 Å². The van der Waals surface area contributed by atoms with E-state index in [0.29, 0.717) is 31.7 Å². The Morgan fingerprint density at radius 2 is 2.00 bits per heavy atom. The molecule has 0 radical (unpaired) electrons. The molecule has 1 aromatic heterocycles. The van der Waals surface area contributed by atoms with Crippen molar-refractivity contribution in [3.8, 4) is 6.01 Å². The van der Waals surface area contributed by atoms with E-state index < -0.39 is 10.5 Å². The molecular weight excluding hydrogens is 366 g/mol. The van der Waals surface area contributed by atoms with E-state index in [4.69, 9.17) is 9.47 Å². The molecule has 1 saturated heterocycles. The number of carbonyl (C=O) groups is 1. The van der Waals surface area contributed by atoms with Crippen molar-refractivity contribution in [2.45, 2.75) is 51.8 Å². The van der Waals surface area contributed by atoms with Crippen LogP contribution < -0.4 is 4.74 Å². The predicted octanol–water partition coefficient (Wildman–Crippen LogP) is 1.29. The number of nitro groups is 1. The van der Waals surface area contributed by atoms with Crippen LogP contribution in [0.4, 0.5) is 5.82 Å². The lowest BCUT2D eigenvalue weighted by molar-refractivity contribution is -0.389. The fourth-order valence-electron chi connectivity index (χ4n) is 3.72. The first-order valence-corrected chi connectivity index (χ1v) is 9.74. The van der Waals surface area contributed by atoms with Gasteiger partial charge in [-0.25, -0.2) is 0 Å².